The second kappa shape index (κ2) is 6.73. The van der Waals surface area contributed by atoms with Crippen LogP contribution in [0.1, 0.15) is 42.6 Å². The largest absolute Gasteiger partial charge is 0.336 e. The number of hydrogen-bond acceptors (Lipinski definition) is 2. The van der Waals surface area contributed by atoms with Crippen LogP contribution in [0.2, 0.25) is 0 Å². The van der Waals surface area contributed by atoms with Crippen LogP contribution in [0, 0.1) is 23.6 Å². The van der Waals surface area contributed by atoms with Gasteiger partial charge in [-0.2, -0.15) is 0 Å². The van der Waals surface area contributed by atoms with Crippen LogP contribution in [-0.2, 0) is 0 Å². The molecule has 0 radical (unpaired) electrons. The van der Waals surface area contributed by atoms with Crippen molar-refractivity contribution < 1.29 is 9.18 Å². The Bertz CT molecular complexity index is 588. The van der Waals surface area contributed by atoms with E-state index in [2.05, 4.69) is 25.7 Å². The Morgan fingerprint density at radius 1 is 1.48 bits per heavy atom. The van der Waals surface area contributed by atoms with Gasteiger partial charge in [-0.3, -0.25) is 4.79 Å². The monoisotopic (exact) mass is 288 g/mol. The SMILES string of the molecule is CC1CCN(C(=O)c2ccc(F)cc2C#CCN)C(C)C1. The van der Waals surface area contributed by atoms with Crippen molar-refractivity contribution in [2.45, 2.75) is 32.7 Å². The number of halogens is 1. The zero-order valence-corrected chi connectivity index (χ0v) is 12.5. The number of carbonyl (C=O) groups is 1. The molecule has 21 heavy (non-hydrogen) atoms. The van der Waals surface area contributed by atoms with Crippen LogP contribution >= 0.6 is 0 Å². The number of benzene rings is 1. The van der Waals surface area contributed by atoms with Crippen LogP contribution in [0.15, 0.2) is 18.2 Å². The summed E-state index contributed by atoms with van der Waals surface area (Å²) in [5.41, 5.74) is 6.23. The molecule has 2 N–H and O–H groups in total. The first kappa shape index (κ1) is 15.5. The van der Waals surface area contributed by atoms with Crippen molar-refractivity contribution in [1.82, 2.24) is 4.90 Å². The lowest BCUT2D eigenvalue weighted by atomic mass is 9.92. The number of likely N-dealkylation sites (tertiary alicyclic amines) is 1. The van der Waals surface area contributed by atoms with Gasteiger partial charge in [0.25, 0.3) is 5.91 Å². The molecule has 2 unspecified atom stereocenters. The molecule has 1 saturated heterocycles. The molecule has 1 heterocycles. The third kappa shape index (κ3) is 3.62. The molecule has 0 spiro atoms. The van der Waals surface area contributed by atoms with E-state index in [0.717, 1.165) is 19.4 Å². The summed E-state index contributed by atoms with van der Waals surface area (Å²) in [4.78, 5) is 14.6. The Balaban J connectivity index is 2.30. The van der Waals surface area contributed by atoms with Crippen molar-refractivity contribution >= 4 is 5.91 Å². The molecule has 1 fully saturated rings. The summed E-state index contributed by atoms with van der Waals surface area (Å²) in [6.07, 6.45) is 2.00. The van der Waals surface area contributed by atoms with E-state index in [0.29, 0.717) is 17.0 Å². The van der Waals surface area contributed by atoms with Crippen LogP contribution in [0.4, 0.5) is 4.39 Å². The molecule has 3 nitrogen and oxygen atoms in total. The van der Waals surface area contributed by atoms with Gasteiger partial charge in [-0.1, -0.05) is 18.8 Å². The summed E-state index contributed by atoms with van der Waals surface area (Å²) in [5.74, 6) is 5.65. The van der Waals surface area contributed by atoms with E-state index in [1.807, 2.05) is 4.90 Å². The van der Waals surface area contributed by atoms with Gasteiger partial charge in [0.15, 0.2) is 0 Å². The number of hydrogen-bond donors (Lipinski definition) is 1. The molecule has 112 valence electrons. The molecule has 0 saturated carbocycles. The third-order valence-corrected chi connectivity index (χ3v) is 3.94. The lowest BCUT2D eigenvalue weighted by molar-refractivity contribution is 0.0588. The van der Waals surface area contributed by atoms with Gasteiger partial charge in [0.05, 0.1) is 12.1 Å². The van der Waals surface area contributed by atoms with Gasteiger partial charge in [0, 0.05) is 18.2 Å². The molecule has 1 aliphatic rings. The highest BCUT2D eigenvalue weighted by Crippen LogP contribution is 2.24. The minimum absolute atomic E-state index is 0.0734. The predicted octanol–water partition coefficient (Wildman–Crippen LogP) is 2.40. The molecule has 1 aromatic rings. The number of nitrogens with zero attached hydrogens (tertiary/aromatic N) is 1. The Kier molecular flexibility index (Phi) is 4.98. The van der Waals surface area contributed by atoms with Crippen LogP contribution in [0.5, 0.6) is 0 Å². The van der Waals surface area contributed by atoms with Crippen molar-refractivity contribution in [3.05, 3.63) is 35.1 Å². The zero-order chi connectivity index (χ0) is 15.4. The normalized spacial score (nSPS) is 21.6. The lowest BCUT2D eigenvalue weighted by Crippen LogP contribution is -2.44. The van der Waals surface area contributed by atoms with Crippen LogP contribution in [0.25, 0.3) is 0 Å². The summed E-state index contributed by atoms with van der Waals surface area (Å²) in [6, 6.07) is 4.32. The second-order valence-corrected chi connectivity index (χ2v) is 5.67. The lowest BCUT2D eigenvalue weighted by Gasteiger charge is -2.36. The average Bonchev–Trinajstić information content (AvgIpc) is 2.44. The molecule has 0 aromatic heterocycles. The smallest absolute Gasteiger partial charge is 0.255 e. The highest BCUT2D eigenvalue weighted by molar-refractivity contribution is 5.97. The minimum atomic E-state index is -0.395. The van der Waals surface area contributed by atoms with Gasteiger partial charge in [-0.25, -0.2) is 4.39 Å². The minimum Gasteiger partial charge on any atom is -0.336 e. The summed E-state index contributed by atoms with van der Waals surface area (Å²) in [6.45, 7) is 5.18. The third-order valence-electron chi connectivity index (χ3n) is 3.94. The van der Waals surface area contributed by atoms with Crippen molar-refractivity contribution in [2.24, 2.45) is 11.7 Å². The van der Waals surface area contributed by atoms with Gasteiger partial charge in [-0.05, 0) is 43.9 Å². The topological polar surface area (TPSA) is 46.3 Å². The quantitative estimate of drug-likeness (QED) is 0.807. The molecule has 0 bridgehead atoms. The summed E-state index contributed by atoms with van der Waals surface area (Å²) < 4.78 is 13.4. The number of carbonyl (C=O) groups excluding carboxylic acids is 1. The van der Waals surface area contributed by atoms with Crippen molar-refractivity contribution in [3.8, 4) is 11.8 Å². The van der Waals surface area contributed by atoms with E-state index in [9.17, 15) is 9.18 Å². The fraction of sp³-hybridized carbons (Fsp3) is 0.471. The van der Waals surface area contributed by atoms with Gasteiger partial charge in [0.2, 0.25) is 0 Å². The number of amides is 1. The zero-order valence-electron chi connectivity index (χ0n) is 12.5. The van der Waals surface area contributed by atoms with Crippen LogP contribution in [-0.4, -0.2) is 29.9 Å². The molecule has 0 aliphatic carbocycles. The molecular formula is C17H21FN2O. The molecule has 1 aliphatic heterocycles. The molecule has 1 amide bonds. The Hall–Kier alpha value is -1.86. The Labute approximate surface area is 125 Å². The van der Waals surface area contributed by atoms with E-state index in [1.165, 1.54) is 18.2 Å². The molecule has 4 heteroatoms. The van der Waals surface area contributed by atoms with Crippen LogP contribution in [0.3, 0.4) is 0 Å². The summed E-state index contributed by atoms with van der Waals surface area (Å²) in [5, 5.41) is 0. The molecular weight excluding hydrogens is 267 g/mol. The molecule has 2 atom stereocenters. The maximum Gasteiger partial charge on any atom is 0.255 e. The van der Waals surface area contributed by atoms with Crippen molar-refractivity contribution in [3.63, 3.8) is 0 Å². The highest BCUT2D eigenvalue weighted by Gasteiger charge is 2.28. The van der Waals surface area contributed by atoms with Crippen molar-refractivity contribution in [1.29, 1.82) is 0 Å². The highest BCUT2D eigenvalue weighted by atomic mass is 19.1. The summed E-state index contributed by atoms with van der Waals surface area (Å²) in [7, 11) is 0. The second-order valence-electron chi connectivity index (χ2n) is 5.67. The standard InChI is InChI=1S/C17H21FN2O/c1-12-7-9-20(13(2)10-12)17(21)16-6-5-15(18)11-14(16)4-3-8-19/h5-6,11-13H,7-10,19H2,1-2H3. The number of nitrogens with two attached hydrogens (primary N) is 1. The van der Waals surface area contributed by atoms with Crippen LogP contribution < -0.4 is 5.73 Å². The molecule has 1 aromatic carbocycles. The van der Waals surface area contributed by atoms with Gasteiger partial charge in [-0.15, -0.1) is 0 Å². The summed E-state index contributed by atoms with van der Waals surface area (Å²) >= 11 is 0. The van der Waals surface area contributed by atoms with Gasteiger partial charge < -0.3 is 10.6 Å². The van der Waals surface area contributed by atoms with E-state index < -0.39 is 5.82 Å². The van der Waals surface area contributed by atoms with Crippen molar-refractivity contribution in [2.75, 3.05) is 13.1 Å². The first-order chi connectivity index (χ1) is 10.0. The maximum atomic E-state index is 13.4. The predicted molar refractivity (Wildman–Crippen MR) is 81.2 cm³/mol. The number of piperidine rings is 1. The Morgan fingerprint density at radius 3 is 2.90 bits per heavy atom. The van der Waals surface area contributed by atoms with E-state index >= 15 is 0 Å². The van der Waals surface area contributed by atoms with E-state index in [-0.39, 0.29) is 18.5 Å². The van der Waals surface area contributed by atoms with E-state index in [1.54, 1.807) is 0 Å². The fourth-order valence-corrected chi connectivity index (χ4v) is 2.82. The fourth-order valence-electron chi connectivity index (χ4n) is 2.82. The number of rotatable bonds is 1. The van der Waals surface area contributed by atoms with E-state index in [4.69, 9.17) is 5.73 Å². The van der Waals surface area contributed by atoms with Gasteiger partial charge in [0.1, 0.15) is 5.82 Å². The first-order valence-corrected chi connectivity index (χ1v) is 7.32. The average molecular weight is 288 g/mol. The molecule has 2 rings (SSSR count). The van der Waals surface area contributed by atoms with Gasteiger partial charge >= 0.3 is 0 Å². The maximum absolute atomic E-state index is 13.4. The first-order valence-electron chi connectivity index (χ1n) is 7.32. The Morgan fingerprint density at radius 2 is 2.24 bits per heavy atom.